The second-order valence-corrected chi connectivity index (χ2v) is 4.28. The number of benzene rings is 1. The average Bonchev–Trinajstić information content (AvgIpc) is 2.39. The smallest absolute Gasteiger partial charge is 0.225 e. The number of nitrogens with zero attached hydrogens (tertiary/aromatic N) is 4. The zero-order valence-electron chi connectivity index (χ0n) is 9.01. The van der Waals surface area contributed by atoms with Crippen molar-refractivity contribution in [3.05, 3.63) is 47.0 Å². The first-order chi connectivity index (χ1) is 8.74. The summed E-state index contributed by atoms with van der Waals surface area (Å²) >= 11 is 11.7. The summed E-state index contributed by atoms with van der Waals surface area (Å²) in [5.74, 6) is 0.578. The van der Waals surface area contributed by atoms with Gasteiger partial charge in [-0.1, -0.05) is 41.9 Å². The first kappa shape index (κ1) is 11.3. The molecule has 0 radical (unpaired) electrons. The molecular formula is C12H6Cl2N4. The third-order valence-electron chi connectivity index (χ3n) is 2.41. The van der Waals surface area contributed by atoms with Gasteiger partial charge in [0.2, 0.25) is 5.28 Å². The fourth-order valence-corrected chi connectivity index (χ4v) is 2.00. The first-order valence-corrected chi connectivity index (χ1v) is 5.91. The second-order valence-electron chi connectivity index (χ2n) is 3.58. The van der Waals surface area contributed by atoms with Crippen molar-refractivity contribution in [2.45, 2.75) is 0 Å². The molecule has 6 heteroatoms. The molecule has 0 unspecified atom stereocenters. The van der Waals surface area contributed by atoms with Crippen LogP contribution in [0.2, 0.25) is 10.4 Å². The van der Waals surface area contributed by atoms with Crippen molar-refractivity contribution in [1.29, 1.82) is 0 Å². The van der Waals surface area contributed by atoms with E-state index in [1.807, 2.05) is 30.3 Å². The topological polar surface area (TPSA) is 51.6 Å². The Morgan fingerprint density at radius 1 is 0.889 bits per heavy atom. The van der Waals surface area contributed by atoms with E-state index in [2.05, 4.69) is 19.9 Å². The predicted molar refractivity (Wildman–Crippen MR) is 70.6 cm³/mol. The summed E-state index contributed by atoms with van der Waals surface area (Å²) in [6, 6.07) is 9.61. The van der Waals surface area contributed by atoms with Crippen LogP contribution in [0, 0.1) is 0 Å². The Kier molecular flexibility index (Phi) is 2.81. The van der Waals surface area contributed by atoms with Crippen molar-refractivity contribution in [3.8, 4) is 11.4 Å². The molecule has 88 valence electrons. The van der Waals surface area contributed by atoms with Gasteiger partial charge in [0.05, 0.1) is 5.39 Å². The zero-order valence-corrected chi connectivity index (χ0v) is 10.5. The van der Waals surface area contributed by atoms with Gasteiger partial charge in [0, 0.05) is 11.8 Å². The lowest BCUT2D eigenvalue weighted by Gasteiger charge is -2.02. The van der Waals surface area contributed by atoms with Gasteiger partial charge in [0.15, 0.2) is 11.5 Å². The van der Waals surface area contributed by atoms with Crippen LogP contribution in [0.4, 0.5) is 0 Å². The quantitative estimate of drug-likeness (QED) is 0.505. The maximum Gasteiger partial charge on any atom is 0.225 e. The molecule has 0 atom stereocenters. The van der Waals surface area contributed by atoms with E-state index in [0.717, 1.165) is 5.56 Å². The molecule has 3 rings (SSSR count). The van der Waals surface area contributed by atoms with Crippen LogP contribution in [0.3, 0.4) is 0 Å². The molecule has 0 spiro atoms. The zero-order chi connectivity index (χ0) is 12.5. The molecule has 0 aliphatic heterocycles. The van der Waals surface area contributed by atoms with E-state index in [-0.39, 0.29) is 10.4 Å². The van der Waals surface area contributed by atoms with E-state index in [0.29, 0.717) is 16.9 Å². The van der Waals surface area contributed by atoms with E-state index in [9.17, 15) is 0 Å². The molecule has 0 N–H and O–H groups in total. The highest BCUT2D eigenvalue weighted by atomic mass is 35.5. The van der Waals surface area contributed by atoms with Crippen LogP contribution in [0.15, 0.2) is 36.5 Å². The molecule has 0 aliphatic carbocycles. The normalized spacial score (nSPS) is 10.8. The number of fused-ring (bicyclic) bond motifs is 1. The average molecular weight is 277 g/mol. The van der Waals surface area contributed by atoms with Crippen molar-refractivity contribution < 1.29 is 0 Å². The van der Waals surface area contributed by atoms with Gasteiger partial charge in [-0.05, 0) is 11.6 Å². The van der Waals surface area contributed by atoms with E-state index < -0.39 is 0 Å². The highest BCUT2D eigenvalue weighted by Gasteiger charge is 2.08. The molecule has 1 aromatic carbocycles. The van der Waals surface area contributed by atoms with Gasteiger partial charge < -0.3 is 0 Å². The van der Waals surface area contributed by atoms with Crippen molar-refractivity contribution >= 4 is 34.2 Å². The van der Waals surface area contributed by atoms with Crippen molar-refractivity contribution in [3.63, 3.8) is 0 Å². The number of rotatable bonds is 1. The van der Waals surface area contributed by atoms with Gasteiger partial charge in [-0.2, -0.15) is 4.98 Å². The van der Waals surface area contributed by atoms with E-state index >= 15 is 0 Å². The molecule has 18 heavy (non-hydrogen) atoms. The second kappa shape index (κ2) is 4.48. The Bertz CT molecular complexity index is 716. The minimum absolute atomic E-state index is 0.0743. The standard InChI is InChI=1S/C12H6Cl2N4/c13-9-8-6-15-10(7-4-2-1-3-5-7)17-11(8)18-12(14)16-9/h1-6H. The largest absolute Gasteiger partial charge is 0.236 e. The molecule has 0 saturated heterocycles. The summed E-state index contributed by atoms with van der Waals surface area (Å²) in [5.41, 5.74) is 1.35. The molecule has 2 heterocycles. The Morgan fingerprint density at radius 2 is 1.67 bits per heavy atom. The third-order valence-corrected chi connectivity index (χ3v) is 2.87. The van der Waals surface area contributed by atoms with Crippen LogP contribution in [0.5, 0.6) is 0 Å². The molecule has 4 nitrogen and oxygen atoms in total. The van der Waals surface area contributed by atoms with Gasteiger partial charge in [-0.15, -0.1) is 0 Å². The van der Waals surface area contributed by atoms with E-state index in [1.54, 1.807) is 6.20 Å². The lowest BCUT2D eigenvalue weighted by Crippen LogP contribution is -1.94. The highest BCUT2D eigenvalue weighted by molar-refractivity contribution is 6.35. The Balaban J connectivity index is 2.23. The third kappa shape index (κ3) is 2.00. The summed E-state index contributed by atoms with van der Waals surface area (Å²) in [6.07, 6.45) is 1.60. The molecule has 0 amide bonds. The molecular weight excluding hydrogens is 271 g/mol. The van der Waals surface area contributed by atoms with Crippen LogP contribution >= 0.6 is 23.2 Å². The Morgan fingerprint density at radius 3 is 2.44 bits per heavy atom. The first-order valence-electron chi connectivity index (χ1n) is 5.15. The molecule has 3 aromatic rings. The Labute approximate surface area is 113 Å². The van der Waals surface area contributed by atoms with Gasteiger partial charge in [-0.3, -0.25) is 0 Å². The molecule has 0 bridgehead atoms. The summed E-state index contributed by atoms with van der Waals surface area (Å²) < 4.78 is 0. The minimum atomic E-state index is 0.0743. The monoisotopic (exact) mass is 276 g/mol. The van der Waals surface area contributed by atoms with Crippen LogP contribution in [-0.4, -0.2) is 19.9 Å². The summed E-state index contributed by atoms with van der Waals surface area (Å²) in [5, 5.41) is 0.913. The minimum Gasteiger partial charge on any atom is -0.236 e. The maximum absolute atomic E-state index is 5.95. The number of aromatic nitrogens is 4. The summed E-state index contributed by atoms with van der Waals surface area (Å²) in [4.78, 5) is 16.5. The molecule has 2 aromatic heterocycles. The number of halogens is 2. The van der Waals surface area contributed by atoms with Gasteiger partial charge in [0.25, 0.3) is 0 Å². The number of hydrogen-bond donors (Lipinski definition) is 0. The fraction of sp³-hybridized carbons (Fsp3) is 0. The van der Waals surface area contributed by atoms with Gasteiger partial charge >= 0.3 is 0 Å². The van der Waals surface area contributed by atoms with Crippen LogP contribution < -0.4 is 0 Å². The fourth-order valence-electron chi connectivity index (χ4n) is 1.58. The van der Waals surface area contributed by atoms with E-state index in [4.69, 9.17) is 23.2 Å². The van der Waals surface area contributed by atoms with E-state index in [1.165, 1.54) is 0 Å². The van der Waals surface area contributed by atoms with Crippen LogP contribution in [0.25, 0.3) is 22.4 Å². The number of hydrogen-bond acceptors (Lipinski definition) is 4. The van der Waals surface area contributed by atoms with Gasteiger partial charge in [-0.25, -0.2) is 15.0 Å². The Hall–Kier alpha value is -1.78. The van der Waals surface area contributed by atoms with Gasteiger partial charge in [0.1, 0.15) is 5.15 Å². The molecule has 0 fully saturated rings. The van der Waals surface area contributed by atoms with Crippen LogP contribution in [0.1, 0.15) is 0 Å². The highest BCUT2D eigenvalue weighted by Crippen LogP contribution is 2.22. The van der Waals surface area contributed by atoms with Crippen molar-refractivity contribution in [2.24, 2.45) is 0 Å². The van der Waals surface area contributed by atoms with Crippen molar-refractivity contribution in [2.75, 3.05) is 0 Å². The SMILES string of the molecule is Clc1nc(Cl)c2cnc(-c3ccccc3)nc2n1. The lowest BCUT2D eigenvalue weighted by atomic mass is 10.2. The summed E-state index contributed by atoms with van der Waals surface area (Å²) in [7, 11) is 0. The summed E-state index contributed by atoms with van der Waals surface area (Å²) in [6.45, 7) is 0. The maximum atomic E-state index is 5.95. The van der Waals surface area contributed by atoms with Crippen LogP contribution in [-0.2, 0) is 0 Å². The van der Waals surface area contributed by atoms with Crippen molar-refractivity contribution in [1.82, 2.24) is 19.9 Å². The predicted octanol–water partition coefficient (Wildman–Crippen LogP) is 3.39. The lowest BCUT2D eigenvalue weighted by molar-refractivity contribution is 1.14. The molecule has 0 saturated carbocycles. The molecule has 0 aliphatic rings.